The Bertz CT molecular complexity index is 4040. The molecule has 114 heavy (non-hydrogen) atoms. The highest BCUT2D eigenvalue weighted by Crippen LogP contribution is 2.43. The normalized spacial score (nSPS) is 16.8. The molecule has 3 fully saturated rings. The van der Waals surface area contributed by atoms with Gasteiger partial charge in [-0.2, -0.15) is 54.0 Å². The van der Waals surface area contributed by atoms with Crippen LogP contribution in [-0.4, -0.2) is 174 Å². The summed E-state index contributed by atoms with van der Waals surface area (Å²) in [5, 5.41) is 25.2. The lowest BCUT2D eigenvalue weighted by atomic mass is 9.49. The lowest BCUT2D eigenvalue weighted by molar-refractivity contribution is -0.150. The van der Waals surface area contributed by atoms with Gasteiger partial charge in [-0.15, -0.1) is 0 Å². The van der Waals surface area contributed by atoms with Gasteiger partial charge in [0.1, 0.15) is 71.6 Å². The lowest BCUT2D eigenvalue weighted by Gasteiger charge is -2.32. The Labute approximate surface area is 710 Å². The second kappa shape index (κ2) is 42.3. The number of benzene rings is 6. The van der Waals surface area contributed by atoms with Gasteiger partial charge in [0.05, 0.1) is 52.3 Å². The number of phenols is 2. The van der Waals surface area contributed by atoms with Crippen molar-refractivity contribution in [1.29, 1.82) is 0 Å². The number of aromatic hydroxyl groups is 2. The summed E-state index contributed by atoms with van der Waals surface area (Å²) in [6.45, 7) is 34.5. The van der Waals surface area contributed by atoms with Crippen LogP contribution in [0.3, 0.4) is 0 Å². The molecular weight excluding hydrogens is 1600 g/mol. The van der Waals surface area contributed by atoms with Crippen LogP contribution < -0.4 is 25.6 Å². The highest BCUT2D eigenvalue weighted by atomic mass is 79.9. The molecule has 0 spiro atoms. The molecular formula is C82H118B3BrN4O20S4. The standard InChI is InChI=1S/C38H49BN2O9.C32H37BrN2O7.C12H24B2O4.4H2S/c1-36(2,3)48-35(45)41(8)31(23-25-15-18-28(42)19-16-25)33(43)40-30(34(44)47-24-26-13-11-10-12-14-26)22-27-17-20-32(46-9)29(21-27)39-49-37(4,5)38(6,7)50-39;1-32(2,3)42-31(39)35(4)27(19-21-11-14-24(36)15-12-21)29(37)34-26(18-23-13-16-28(40-5)25(33)17-23)30(38)41-20-22-9-7-6-8-10-22;1-9(2)10(3,4)16-13(15-9)14-17-11(5,6)12(7,8)18-14;;;;/h10-21,30-31,42H,22-24H2,1-9H3,(H,40,43);6-17,26-27,36H,18-20H2,1-5H3,(H,34,37);1-8H3;4*1H2/t30-,31-;26-,27-;;;;;/m00...../s1. The maximum Gasteiger partial charge on any atom is 0.498 e. The molecule has 4 atom stereocenters. The number of rotatable bonds is 24. The summed E-state index contributed by atoms with van der Waals surface area (Å²) in [4.78, 5) is 83.7. The van der Waals surface area contributed by atoms with E-state index in [0.29, 0.717) is 38.1 Å². The van der Waals surface area contributed by atoms with Crippen LogP contribution in [0.4, 0.5) is 9.59 Å². The molecule has 24 nitrogen and oxygen atoms in total. The highest BCUT2D eigenvalue weighted by molar-refractivity contribution is 9.10. The van der Waals surface area contributed by atoms with E-state index < -0.39 is 104 Å². The van der Waals surface area contributed by atoms with Gasteiger partial charge in [0.2, 0.25) is 11.8 Å². The Hall–Kier alpha value is -7.23. The minimum absolute atomic E-state index is 0. The van der Waals surface area contributed by atoms with Gasteiger partial charge in [0.15, 0.2) is 0 Å². The Balaban J connectivity index is 0.000000475. The number of hydrogen-bond donors (Lipinski definition) is 4. The third kappa shape index (κ3) is 28.3. The smallest absolute Gasteiger partial charge is 0.498 e. The van der Waals surface area contributed by atoms with Crippen LogP contribution in [0.5, 0.6) is 23.0 Å². The van der Waals surface area contributed by atoms with Gasteiger partial charge in [-0.1, -0.05) is 103 Å². The number of nitrogens with zero attached hydrogens (tertiary/aromatic N) is 2. The maximum atomic E-state index is 14.1. The van der Waals surface area contributed by atoms with Crippen molar-refractivity contribution < 1.29 is 95.3 Å². The summed E-state index contributed by atoms with van der Waals surface area (Å²) in [7, 11) is 4.38. The number of hydrogen-bond acceptors (Lipinski definition) is 20. The molecule has 0 bridgehead atoms. The van der Waals surface area contributed by atoms with E-state index in [1.165, 1.54) is 48.2 Å². The van der Waals surface area contributed by atoms with Crippen molar-refractivity contribution in [3.05, 3.63) is 183 Å². The molecule has 3 aliphatic heterocycles. The van der Waals surface area contributed by atoms with E-state index >= 15 is 0 Å². The van der Waals surface area contributed by atoms with Crippen molar-refractivity contribution >= 4 is 132 Å². The molecule has 6 aromatic rings. The molecule has 0 radical (unpaired) electrons. The van der Waals surface area contributed by atoms with Crippen molar-refractivity contribution in [1.82, 2.24) is 20.4 Å². The van der Waals surface area contributed by atoms with Crippen molar-refractivity contribution in [3.63, 3.8) is 0 Å². The summed E-state index contributed by atoms with van der Waals surface area (Å²) in [5.41, 5.74) is 0.834. The maximum absolute atomic E-state index is 14.1. The summed E-state index contributed by atoms with van der Waals surface area (Å²) in [6, 6.07) is 37.6. The number of ether oxygens (including phenoxy) is 6. The molecule has 0 aromatic heterocycles. The van der Waals surface area contributed by atoms with E-state index in [0.717, 1.165) is 16.7 Å². The van der Waals surface area contributed by atoms with Gasteiger partial charge in [-0.05, 0) is 216 Å². The van der Waals surface area contributed by atoms with Gasteiger partial charge < -0.3 is 77.2 Å². The van der Waals surface area contributed by atoms with Crippen LogP contribution >= 0.6 is 69.9 Å². The topological polar surface area (TPSA) is 284 Å². The molecule has 6 aromatic carbocycles. The zero-order chi connectivity index (χ0) is 81.7. The SMILES string of the molecule is CC1(C)OB(B2OC(C)(C)C(C)(C)O2)OC1(C)C.COc1ccc(C[C@H](NC(=O)[C@H](Cc2ccc(O)cc2)N(C)C(=O)OC(C)(C)C)C(=O)OCc2ccccc2)cc1B1OC(C)(C)C(C)(C)O1.COc1ccc(C[C@H](NC(=O)[C@H](Cc2ccc(O)cc2)N(C)C(=O)OC(C)(C)C)C(=O)OCc2ccccc2)cc1Br.S.S.S.S. The number of phenolic OH excluding ortho intramolecular Hbond substituents is 2. The number of carbonyl (C=O) groups excluding carboxylic acids is 6. The first-order valence-electron chi connectivity index (χ1n) is 36.7. The number of esters is 2. The zero-order valence-electron chi connectivity index (χ0n) is 69.7. The quantitative estimate of drug-likeness (QED) is 0.0249. The molecule has 4 N–H and O–H groups in total. The number of nitrogens with one attached hydrogen (secondary N) is 2. The molecule has 0 aliphatic carbocycles. The van der Waals surface area contributed by atoms with Crippen LogP contribution in [0.15, 0.2) is 150 Å². The molecule has 4 amide bonds. The van der Waals surface area contributed by atoms with Crippen molar-refractivity contribution in [3.8, 4) is 23.0 Å². The largest absolute Gasteiger partial charge is 0.508 e. The van der Waals surface area contributed by atoms with E-state index in [-0.39, 0.29) is 127 Å². The number of halogens is 1. The monoisotopic (exact) mass is 1720 g/mol. The van der Waals surface area contributed by atoms with Gasteiger partial charge in [0.25, 0.3) is 0 Å². The molecule has 626 valence electrons. The molecule has 32 heteroatoms. The highest BCUT2D eigenvalue weighted by Gasteiger charge is 2.64. The molecule has 3 saturated heterocycles. The van der Waals surface area contributed by atoms with Gasteiger partial charge in [0, 0.05) is 45.2 Å². The van der Waals surface area contributed by atoms with E-state index in [4.69, 9.17) is 56.3 Å². The zero-order valence-corrected chi connectivity index (χ0v) is 75.2. The first kappa shape index (κ1) is 101. The fraction of sp³-hybridized carbons (Fsp3) is 0.488. The summed E-state index contributed by atoms with van der Waals surface area (Å²) in [5.74, 6) is -1.12. The molecule has 0 saturated carbocycles. The van der Waals surface area contributed by atoms with Crippen LogP contribution in [0.25, 0.3) is 0 Å². The molecule has 3 aliphatic rings. The van der Waals surface area contributed by atoms with E-state index in [1.54, 1.807) is 104 Å². The predicted molar refractivity (Wildman–Crippen MR) is 466 cm³/mol. The van der Waals surface area contributed by atoms with Crippen LogP contribution in [-0.2, 0) is 105 Å². The minimum Gasteiger partial charge on any atom is -0.508 e. The third-order valence-corrected chi connectivity index (χ3v) is 20.6. The molecule has 9 rings (SSSR count). The van der Waals surface area contributed by atoms with Gasteiger partial charge in [-0.25, -0.2) is 19.2 Å². The van der Waals surface area contributed by atoms with Gasteiger partial charge in [-0.3, -0.25) is 19.4 Å². The average Bonchev–Trinajstić information content (AvgIpc) is 1.60. The van der Waals surface area contributed by atoms with Crippen molar-refractivity contribution in [2.45, 2.75) is 233 Å². The fourth-order valence-electron chi connectivity index (χ4n) is 11.4. The molecule has 0 unspecified atom stereocenters. The lowest BCUT2D eigenvalue weighted by Crippen LogP contribution is -2.54. The Morgan fingerprint density at radius 1 is 0.430 bits per heavy atom. The van der Waals surface area contributed by atoms with Crippen molar-refractivity contribution in [2.24, 2.45) is 0 Å². The van der Waals surface area contributed by atoms with Crippen LogP contribution in [0.2, 0.25) is 0 Å². The van der Waals surface area contributed by atoms with Crippen molar-refractivity contribution in [2.75, 3.05) is 28.3 Å². The molecule has 3 heterocycles. The van der Waals surface area contributed by atoms with Crippen LogP contribution in [0, 0.1) is 0 Å². The summed E-state index contributed by atoms with van der Waals surface area (Å²) >= 11 is 3.47. The number of methoxy groups -OCH3 is 2. The number of likely N-dealkylation sites (N-methyl/N-ethyl adjacent to an activating group) is 2. The van der Waals surface area contributed by atoms with E-state index in [9.17, 15) is 39.0 Å². The fourth-order valence-corrected chi connectivity index (χ4v) is 12.0. The van der Waals surface area contributed by atoms with Gasteiger partial charge >= 0.3 is 45.3 Å². The second-order valence-corrected chi connectivity index (χ2v) is 33.4. The Kier molecular flexibility index (Phi) is 37.4. The number of amides is 4. The second-order valence-electron chi connectivity index (χ2n) is 32.6. The Morgan fingerprint density at radius 2 is 0.737 bits per heavy atom. The van der Waals surface area contributed by atoms with E-state index in [1.807, 2.05) is 156 Å². The summed E-state index contributed by atoms with van der Waals surface area (Å²) in [6.07, 6.45) is -1.02. The summed E-state index contributed by atoms with van der Waals surface area (Å²) < 4.78 is 70.5. The first-order chi connectivity index (χ1) is 51.1. The van der Waals surface area contributed by atoms with E-state index in [2.05, 4.69) is 26.6 Å². The number of carbonyl (C=O) groups is 6. The predicted octanol–water partition coefficient (Wildman–Crippen LogP) is 13.1. The minimum atomic E-state index is -1.14. The average molecular weight is 1720 g/mol. The Morgan fingerprint density at radius 3 is 1.05 bits per heavy atom. The van der Waals surface area contributed by atoms with Crippen LogP contribution in [0.1, 0.15) is 158 Å². The third-order valence-electron chi connectivity index (χ3n) is 19.9. The first-order valence-corrected chi connectivity index (χ1v) is 37.5.